The predicted octanol–water partition coefficient (Wildman–Crippen LogP) is 4.53. The molecule has 0 saturated heterocycles. The summed E-state index contributed by atoms with van der Waals surface area (Å²) in [6.45, 7) is 0.408. The third-order valence-corrected chi connectivity index (χ3v) is 4.69. The second-order valence-corrected chi connectivity index (χ2v) is 6.36. The van der Waals surface area contributed by atoms with Crippen molar-refractivity contribution in [2.45, 2.75) is 25.8 Å². The molecule has 23 heavy (non-hydrogen) atoms. The van der Waals surface area contributed by atoms with Crippen molar-refractivity contribution in [1.29, 1.82) is 0 Å². The van der Waals surface area contributed by atoms with E-state index in [1.54, 1.807) is 35.1 Å². The highest BCUT2D eigenvalue weighted by atomic mass is 35.5. The number of halogens is 2. The number of anilines is 1. The number of hydrogen-bond donors (Lipinski definition) is 1. The van der Waals surface area contributed by atoms with Gasteiger partial charge in [-0.1, -0.05) is 41.4 Å². The van der Waals surface area contributed by atoms with Gasteiger partial charge >= 0.3 is 0 Å². The molecular formula is C17H17Cl2N3O. The zero-order valence-corrected chi connectivity index (χ0v) is 14.0. The van der Waals surface area contributed by atoms with Crippen LogP contribution in [0.4, 0.5) is 5.82 Å². The van der Waals surface area contributed by atoms with Crippen molar-refractivity contribution in [2.24, 2.45) is 5.92 Å². The van der Waals surface area contributed by atoms with Gasteiger partial charge in [-0.2, -0.15) is 5.10 Å². The summed E-state index contributed by atoms with van der Waals surface area (Å²) in [4.78, 5) is 12.4. The van der Waals surface area contributed by atoms with Crippen molar-refractivity contribution >= 4 is 34.9 Å². The molecule has 0 aliphatic heterocycles. The van der Waals surface area contributed by atoms with Crippen LogP contribution < -0.4 is 5.32 Å². The zero-order valence-electron chi connectivity index (χ0n) is 12.5. The van der Waals surface area contributed by atoms with Gasteiger partial charge in [-0.3, -0.25) is 4.79 Å². The second-order valence-electron chi connectivity index (χ2n) is 5.54. The quantitative estimate of drug-likeness (QED) is 0.824. The summed E-state index contributed by atoms with van der Waals surface area (Å²) in [5.41, 5.74) is 0.788. The lowest BCUT2D eigenvalue weighted by atomic mass is 9.94. The smallest absolute Gasteiger partial charge is 0.228 e. The molecule has 0 saturated carbocycles. The highest BCUT2D eigenvalue weighted by Crippen LogP contribution is 2.26. The first-order valence-corrected chi connectivity index (χ1v) is 8.31. The van der Waals surface area contributed by atoms with Crippen molar-refractivity contribution in [3.63, 3.8) is 0 Å². The summed E-state index contributed by atoms with van der Waals surface area (Å²) in [7, 11) is 0. The monoisotopic (exact) mass is 349 g/mol. The van der Waals surface area contributed by atoms with Gasteiger partial charge in [0.25, 0.3) is 0 Å². The molecule has 1 N–H and O–H groups in total. The maximum atomic E-state index is 12.4. The molecule has 3 rings (SSSR count). The Hall–Kier alpha value is -1.78. The summed E-state index contributed by atoms with van der Waals surface area (Å²) >= 11 is 12.4. The lowest BCUT2D eigenvalue weighted by Gasteiger charge is -2.18. The molecule has 0 bridgehead atoms. The molecule has 4 nitrogen and oxygen atoms in total. The maximum Gasteiger partial charge on any atom is 0.228 e. The highest BCUT2D eigenvalue weighted by molar-refractivity contribution is 6.35. The molecule has 2 aromatic rings. The zero-order chi connectivity index (χ0) is 16.2. The Morgan fingerprint density at radius 3 is 2.74 bits per heavy atom. The van der Waals surface area contributed by atoms with Crippen molar-refractivity contribution < 1.29 is 4.79 Å². The van der Waals surface area contributed by atoms with Crippen molar-refractivity contribution in [3.8, 4) is 0 Å². The fourth-order valence-electron chi connectivity index (χ4n) is 2.66. The molecule has 1 atom stereocenters. The third kappa shape index (κ3) is 3.77. The molecular weight excluding hydrogens is 333 g/mol. The highest BCUT2D eigenvalue weighted by Gasteiger charge is 2.20. The molecule has 0 spiro atoms. The SMILES string of the molecule is O=C(Nc1ccnn1Cc1c(Cl)cccc1Cl)[C@@H]1CC=CCC1. The van der Waals surface area contributed by atoms with Gasteiger partial charge in [-0.05, 0) is 31.4 Å². The fraction of sp³-hybridized carbons (Fsp3) is 0.294. The van der Waals surface area contributed by atoms with E-state index in [0.29, 0.717) is 22.4 Å². The topological polar surface area (TPSA) is 46.9 Å². The third-order valence-electron chi connectivity index (χ3n) is 3.98. The molecule has 120 valence electrons. The van der Waals surface area contributed by atoms with Crippen molar-refractivity contribution in [1.82, 2.24) is 9.78 Å². The largest absolute Gasteiger partial charge is 0.311 e. The number of rotatable bonds is 4. The van der Waals surface area contributed by atoms with Gasteiger partial charge in [0.1, 0.15) is 5.82 Å². The molecule has 0 fully saturated rings. The van der Waals surface area contributed by atoms with Crippen LogP contribution in [0.5, 0.6) is 0 Å². The molecule has 0 unspecified atom stereocenters. The number of nitrogens with zero attached hydrogens (tertiary/aromatic N) is 2. The van der Waals surface area contributed by atoms with E-state index in [1.165, 1.54) is 0 Å². The summed E-state index contributed by atoms with van der Waals surface area (Å²) in [6.07, 6.45) is 8.46. The first kappa shape index (κ1) is 16.1. The van der Waals surface area contributed by atoms with Gasteiger partial charge in [0.2, 0.25) is 5.91 Å². The van der Waals surface area contributed by atoms with E-state index in [2.05, 4.69) is 22.6 Å². The van der Waals surface area contributed by atoms with Gasteiger partial charge in [-0.15, -0.1) is 0 Å². The summed E-state index contributed by atoms with van der Waals surface area (Å²) in [6, 6.07) is 7.16. The van der Waals surface area contributed by atoms with E-state index >= 15 is 0 Å². The van der Waals surface area contributed by atoms with Crippen LogP contribution in [0, 0.1) is 5.92 Å². The molecule has 6 heteroatoms. The minimum absolute atomic E-state index is 0.0206. The predicted molar refractivity (Wildman–Crippen MR) is 92.9 cm³/mol. The van der Waals surface area contributed by atoms with E-state index in [1.807, 2.05) is 0 Å². The number of allylic oxidation sites excluding steroid dienone is 2. The number of amides is 1. The van der Waals surface area contributed by atoms with Crippen LogP contribution in [0.25, 0.3) is 0 Å². The van der Waals surface area contributed by atoms with Gasteiger partial charge in [0.15, 0.2) is 0 Å². The Bertz CT molecular complexity index is 719. The number of carbonyl (C=O) groups excluding carboxylic acids is 1. The average Bonchev–Trinajstić information content (AvgIpc) is 2.99. The van der Waals surface area contributed by atoms with Crippen LogP contribution in [-0.2, 0) is 11.3 Å². The van der Waals surface area contributed by atoms with E-state index in [-0.39, 0.29) is 11.8 Å². The molecule has 1 aliphatic rings. The summed E-state index contributed by atoms with van der Waals surface area (Å²) in [5, 5.41) is 8.40. The summed E-state index contributed by atoms with van der Waals surface area (Å²) < 4.78 is 1.70. The van der Waals surface area contributed by atoms with Crippen LogP contribution in [0.2, 0.25) is 10.0 Å². The lowest BCUT2D eigenvalue weighted by Crippen LogP contribution is -2.25. The van der Waals surface area contributed by atoms with Crippen molar-refractivity contribution in [2.75, 3.05) is 5.32 Å². The standard InChI is InChI=1S/C17H17Cl2N3O/c18-14-7-4-8-15(19)13(14)11-22-16(9-10-20-22)21-17(23)12-5-2-1-3-6-12/h1-2,4,7-10,12H,3,5-6,11H2,(H,21,23)/t12-/m1/s1. The Morgan fingerprint density at radius 2 is 2.04 bits per heavy atom. The average molecular weight is 350 g/mol. The van der Waals surface area contributed by atoms with Crippen LogP contribution in [0.15, 0.2) is 42.6 Å². The molecule has 1 aromatic carbocycles. The Labute approximate surface area is 145 Å². The second kappa shape index (κ2) is 7.20. The van der Waals surface area contributed by atoms with Crippen molar-refractivity contribution in [3.05, 3.63) is 58.2 Å². The minimum atomic E-state index is 0.0206. The minimum Gasteiger partial charge on any atom is -0.311 e. The number of nitrogens with one attached hydrogen (secondary N) is 1. The van der Waals surface area contributed by atoms with Crippen LogP contribution in [0.3, 0.4) is 0 Å². The first-order valence-electron chi connectivity index (χ1n) is 7.55. The van der Waals surface area contributed by atoms with E-state index < -0.39 is 0 Å². The van der Waals surface area contributed by atoms with E-state index in [0.717, 1.165) is 24.8 Å². The maximum absolute atomic E-state index is 12.4. The van der Waals surface area contributed by atoms with Crippen LogP contribution >= 0.6 is 23.2 Å². The fourth-order valence-corrected chi connectivity index (χ4v) is 3.17. The molecule has 1 aliphatic carbocycles. The normalized spacial score (nSPS) is 17.2. The summed E-state index contributed by atoms with van der Waals surface area (Å²) in [5.74, 6) is 0.703. The Morgan fingerprint density at radius 1 is 1.26 bits per heavy atom. The van der Waals surface area contributed by atoms with Gasteiger partial charge in [0, 0.05) is 27.6 Å². The molecule has 1 amide bonds. The number of benzene rings is 1. The van der Waals surface area contributed by atoms with Gasteiger partial charge in [-0.25, -0.2) is 4.68 Å². The molecule has 1 aromatic heterocycles. The lowest BCUT2D eigenvalue weighted by molar-refractivity contribution is -0.120. The van der Waals surface area contributed by atoms with Gasteiger partial charge in [0.05, 0.1) is 12.7 Å². The van der Waals surface area contributed by atoms with Crippen LogP contribution in [-0.4, -0.2) is 15.7 Å². The van der Waals surface area contributed by atoms with Crippen LogP contribution in [0.1, 0.15) is 24.8 Å². The van der Waals surface area contributed by atoms with E-state index in [9.17, 15) is 4.79 Å². The Kier molecular flexibility index (Phi) is 5.03. The number of hydrogen-bond acceptors (Lipinski definition) is 2. The first-order chi connectivity index (χ1) is 11.1. The molecule has 1 heterocycles. The van der Waals surface area contributed by atoms with E-state index in [4.69, 9.17) is 23.2 Å². The van der Waals surface area contributed by atoms with Gasteiger partial charge < -0.3 is 5.32 Å². The number of carbonyl (C=O) groups is 1. The Balaban J connectivity index is 1.75. The number of aromatic nitrogens is 2. The molecule has 0 radical (unpaired) electrons.